The van der Waals surface area contributed by atoms with Crippen LogP contribution in [0.25, 0.3) is 0 Å². The lowest BCUT2D eigenvalue weighted by molar-refractivity contribution is -0.156. The number of hydrogen-bond donors (Lipinski definition) is 1. The van der Waals surface area contributed by atoms with Gasteiger partial charge in [0.05, 0.1) is 5.41 Å². The molecule has 0 spiro atoms. The predicted molar refractivity (Wildman–Crippen MR) is 57.1 cm³/mol. The monoisotopic (exact) mass is 198 g/mol. The van der Waals surface area contributed by atoms with Crippen molar-refractivity contribution in [1.82, 2.24) is 0 Å². The van der Waals surface area contributed by atoms with Gasteiger partial charge in [-0.15, -0.1) is 0 Å². The summed E-state index contributed by atoms with van der Waals surface area (Å²) >= 11 is 0. The second kappa shape index (κ2) is 3.92. The third kappa shape index (κ3) is 1.94. The van der Waals surface area contributed by atoms with Crippen molar-refractivity contribution >= 4 is 5.97 Å². The van der Waals surface area contributed by atoms with Crippen LogP contribution in [0.5, 0.6) is 0 Å². The van der Waals surface area contributed by atoms with Crippen LogP contribution in [0.1, 0.15) is 47.0 Å². The summed E-state index contributed by atoms with van der Waals surface area (Å²) < 4.78 is 0. The molecular weight excluding hydrogens is 176 g/mol. The lowest BCUT2D eigenvalue weighted by atomic mass is 9.61. The van der Waals surface area contributed by atoms with E-state index in [0.29, 0.717) is 17.8 Å². The zero-order valence-corrected chi connectivity index (χ0v) is 9.71. The molecular formula is C12H22O2. The molecule has 0 aromatic heterocycles. The van der Waals surface area contributed by atoms with Gasteiger partial charge >= 0.3 is 5.97 Å². The number of hydrogen-bond acceptors (Lipinski definition) is 1. The first-order chi connectivity index (χ1) is 6.38. The van der Waals surface area contributed by atoms with Crippen LogP contribution >= 0.6 is 0 Å². The zero-order chi connectivity index (χ0) is 10.9. The lowest BCUT2D eigenvalue weighted by Gasteiger charge is -2.43. The van der Waals surface area contributed by atoms with Crippen molar-refractivity contribution in [2.45, 2.75) is 47.0 Å². The van der Waals surface area contributed by atoms with Gasteiger partial charge in [-0.2, -0.15) is 0 Å². The topological polar surface area (TPSA) is 37.3 Å². The summed E-state index contributed by atoms with van der Waals surface area (Å²) in [4.78, 5) is 11.3. The summed E-state index contributed by atoms with van der Waals surface area (Å²) in [5.41, 5.74) is -0.494. The van der Waals surface area contributed by atoms with Gasteiger partial charge in [0, 0.05) is 0 Å². The van der Waals surface area contributed by atoms with Crippen LogP contribution in [0.4, 0.5) is 0 Å². The Hall–Kier alpha value is -0.530. The Balaban J connectivity index is 2.88. The van der Waals surface area contributed by atoms with Gasteiger partial charge in [-0.1, -0.05) is 27.2 Å². The van der Waals surface area contributed by atoms with Gasteiger partial charge in [0.1, 0.15) is 0 Å². The second-order valence-corrected chi connectivity index (χ2v) is 5.46. The second-order valence-electron chi connectivity index (χ2n) is 5.46. The van der Waals surface area contributed by atoms with Gasteiger partial charge in [0.15, 0.2) is 0 Å². The molecule has 0 unspecified atom stereocenters. The van der Waals surface area contributed by atoms with Crippen molar-refractivity contribution in [1.29, 1.82) is 0 Å². The fourth-order valence-electron chi connectivity index (χ4n) is 3.07. The number of rotatable bonds is 2. The fourth-order valence-corrected chi connectivity index (χ4v) is 3.07. The van der Waals surface area contributed by atoms with Gasteiger partial charge in [0.2, 0.25) is 0 Å². The molecule has 0 aliphatic heterocycles. The molecule has 1 aliphatic carbocycles. The van der Waals surface area contributed by atoms with Crippen LogP contribution in [0.3, 0.4) is 0 Å². The van der Waals surface area contributed by atoms with Crippen LogP contribution in [0.2, 0.25) is 0 Å². The van der Waals surface area contributed by atoms with E-state index in [4.69, 9.17) is 0 Å². The average Bonchev–Trinajstić information content (AvgIpc) is 2.02. The fraction of sp³-hybridized carbons (Fsp3) is 0.917. The molecule has 0 aromatic carbocycles. The lowest BCUT2D eigenvalue weighted by Crippen LogP contribution is -2.43. The first kappa shape index (κ1) is 11.5. The van der Waals surface area contributed by atoms with Crippen molar-refractivity contribution in [2.75, 3.05) is 0 Å². The maximum atomic E-state index is 11.3. The van der Waals surface area contributed by atoms with E-state index in [9.17, 15) is 9.90 Å². The van der Waals surface area contributed by atoms with Crippen molar-refractivity contribution in [3.63, 3.8) is 0 Å². The summed E-state index contributed by atoms with van der Waals surface area (Å²) in [6, 6.07) is 0. The van der Waals surface area contributed by atoms with E-state index < -0.39 is 11.4 Å². The highest BCUT2D eigenvalue weighted by molar-refractivity contribution is 5.74. The zero-order valence-electron chi connectivity index (χ0n) is 9.71. The first-order valence-corrected chi connectivity index (χ1v) is 5.61. The van der Waals surface area contributed by atoms with Crippen molar-refractivity contribution in [3.05, 3.63) is 0 Å². The Kier molecular flexibility index (Phi) is 3.23. The van der Waals surface area contributed by atoms with Crippen LogP contribution in [0.15, 0.2) is 0 Å². The van der Waals surface area contributed by atoms with Crippen molar-refractivity contribution < 1.29 is 9.90 Å². The van der Waals surface area contributed by atoms with E-state index in [1.807, 2.05) is 6.92 Å². The standard InChI is InChI=1S/C12H22O2/c1-8(2)10-6-5-9(3)7-12(10,4)11(13)14/h8-10H,5-7H2,1-4H3,(H,13,14)/t9-,10+,12+/m1/s1. The molecule has 0 amide bonds. The Bertz CT molecular complexity index is 222. The van der Waals surface area contributed by atoms with Crippen molar-refractivity contribution in [3.8, 4) is 0 Å². The minimum atomic E-state index is -0.609. The quantitative estimate of drug-likeness (QED) is 0.740. The van der Waals surface area contributed by atoms with Gasteiger partial charge in [-0.3, -0.25) is 4.79 Å². The van der Waals surface area contributed by atoms with Crippen LogP contribution < -0.4 is 0 Å². The van der Waals surface area contributed by atoms with Crippen molar-refractivity contribution in [2.24, 2.45) is 23.2 Å². The van der Waals surface area contributed by atoms with E-state index in [1.54, 1.807) is 0 Å². The van der Waals surface area contributed by atoms with Gasteiger partial charge in [0.25, 0.3) is 0 Å². The van der Waals surface area contributed by atoms with Gasteiger partial charge in [-0.25, -0.2) is 0 Å². The highest BCUT2D eigenvalue weighted by Gasteiger charge is 2.46. The Morgan fingerprint density at radius 3 is 2.43 bits per heavy atom. The van der Waals surface area contributed by atoms with Gasteiger partial charge in [-0.05, 0) is 37.5 Å². The van der Waals surface area contributed by atoms with E-state index in [2.05, 4.69) is 20.8 Å². The molecule has 0 radical (unpaired) electrons. The third-order valence-electron chi connectivity index (χ3n) is 3.85. The maximum Gasteiger partial charge on any atom is 0.309 e. The molecule has 2 nitrogen and oxygen atoms in total. The molecule has 1 fully saturated rings. The Morgan fingerprint density at radius 2 is 2.00 bits per heavy atom. The highest BCUT2D eigenvalue weighted by atomic mass is 16.4. The highest BCUT2D eigenvalue weighted by Crippen LogP contribution is 2.46. The number of carbonyl (C=O) groups is 1. The molecule has 1 saturated carbocycles. The summed E-state index contributed by atoms with van der Waals surface area (Å²) in [6.45, 7) is 8.37. The largest absolute Gasteiger partial charge is 0.481 e. The average molecular weight is 198 g/mol. The predicted octanol–water partition coefficient (Wildman–Crippen LogP) is 3.17. The van der Waals surface area contributed by atoms with E-state index >= 15 is 0 Å². The molecule has 0 saturated heterocycles. The van der Waals surface area contributed by atoms with E-state index in [1.165, 1.54) is 6.42 Å². The molecule has 1 N–H and O–H groups in total. The number of aliphatic carboxylic acids is 1. The maximum absolute atomic E-state index is 11.3. The summed E-state index contributed by atoms with van der Waals surface area (Å²) in [5, 5.41) is 9.33. The number of carboxylic acid groups (broad SMARTS) is 1. The van der Waals surface area contributed by atoms with Gasteiger partial charge < -0.3 is 5.11 Å². The molecule has 2 heteroatoms. The molecule has 1 aliphatic rings. The summed E-state index contributed by atoms with van der Waals surface area (Å²) in [7, 11) is 0. The van der Waals surface area contributed by atoms with Crippen LogP contribution in [-0.4, -0.2) is 11.1 Å². The minimum absolute atomic E-state index is 0.344. The van der Waals surface area contributed by atoms with Crippen LogP contribution in [0, 0.1) is 23.2 Å². The molecule has 14 heavy (non-hydrogen) atoms. The Morgan fingerprint density at radius 1 is 1.43 bits per heavy atom. The minimum Gasteiger partial charge on any atom is -0.481 e. The molecule has 3 atom stereocenters. The van der Waals surface area contributed by atoms with Crippen LogP contribution in [-0.2, 0) is 4.79 Å². The molecule has 0 heterocycles. The third-order valence-corrected chi connectivity index (χ3v) is 3.85. The van der Waals surface area contributed by atoms with E-state index in [-0.39, 0.29) is 0 Å². The molecule has 0 bridgehead atoms. The summed E-state index contributed by atoms with van der Waals surface area (Å²) in [6.07, 6.45) is 3.10. The first-order valence-electron chi connectivity index (χ1n) is 5.61. The molecule has 82 valence electrons. The molecule has 0 aromatic rings. The normalized spacial score (nSPS) is 38.6. The summed E-state index contributed by atoms with van der Waals surface area (Å²) in [5.74, 6) is 0.772. The Labute approximate surface area is 86.7 Å². The molecule has 1 rings (SSSR count). The van der Waals surface area contributed by atoms with E-state index in [0.717, 1.165) is 12.8 Å². The number of carboxylic acids is 1. The smallest absolute Gasteiger partial charge is 0.309 e. The SMILES string of the molecule is CC(C)[C@@H]1CC[C@@H](C)C[C@]1(C)C(=O)O.